The van der Waals surface area contributed by atoms with Crippen molar-refractivity contribution in [2.75, 3.05) is 0 Å². The van der Waals surface area contributed by atoms with Crippen molar-refractivity contribution in [3.8, 4) is 0 Å². The summed E-state index contributed by atoms with van der Waals surface area (Å²) in [6.45, 7) is 4.16. The molecule has 8 heavy (non-hydrogen) atoms. The molecule has 0 fully saturated rings. The van der Waals surface area contributed by atoms with Crippen molar-refractivity contribution in [2.45, 2.75) is 13.8 Å². The summed E-state index contributed by atoms with van der Waals surface area (Å²) in [7, 11) is 0. The van der Waals surface area contributed by atoms with Crippen LogP contribution >= 0.6 is 11.8 Å². The van der Waals surface area contributed by atoms with Gasteiger partial charge in [-0.2, -0.15) is 0 Å². The first-order valence-electron chi connectivity index (χ1n) is 2.56. The Hall–Kier alpha value is -0.390. The molecule has 42 valence electrons. The van der Waals surface area contributed by atoms with Gasteiger partial charge in [0.2, 0.25) is 0 Å². The van der Waals surface area contributed by atoms with Crippen LogP contribution in [0.4, 0.5) is 0 Å². The highest BCUT2D eigenvalue weighted by Gasteiger charge is 1.90. The summed E-state index contributed by atoms with van der Waals surface area (Å²) in [5, 5.41) is 1.99. The largest absolute Gasteiger partial charge is 0.110 e. The minimum absolute atomic E-state index is 1.22. The van der Waals surface area contributed by atoms with E-state index >= 15 is 0 Å². The lowest BCUT2D eigenvalue weighted by atomic mass is 10.3. The number of rotatable bonds is 0. The van der Waals surface area contributed by atoms with Crippen LogP contribution in [-0.2, 0) is 0 Å². The predicted molar refractivity (Wildman–Crippen MR) is 38.6 cm³/mol. The molecule has 0 amide bonds. The monoisotopic (exact) mass is 124 g/mol. The summed E-state index contributed by atoms with van der Waals surface area (Å²) in [6, 6.07) is 0. The smallest absolute Gasteiger partial charge is 0.0178 e. The van der Waals surface area contributed by atoms with Gasteiger partial charge in [0.05, 0.1) is 0 Å². The second-order valence-corrected chi connectivity index (χ2v) is 2.93. The van der Waals surface area contributed by atoms with Crippen molar-refractivity contribution >= 4 is 11.8 Å². The van der Waals surface area contributed by atoms with Crippen LogP contribution in [0.15, 0.2) is 27.7 Å². The van der Waals surface area contributed by atoms with Gasteiger partial charge in [-0.25, -0.2) is 0 Å². The number of hydrogen-bond donors (Lipinski definition) is 0. The summed E-state index contributed by atoms with van der Waals surface area (Å²) in [5.74, 6) is 0. The van der Waals surface area contributed by atoms with Crippen molar-refractivity contribution in [3.05, 3.63) is 27.7 Å². The van der Waals surface area contributed by atoms with Crippen LogP contribution < -0.4 is 0 Å². The molecule has 0 saturated carbocycles. The molecule has 0 aromatic rings. The fourth-order valence-electron chi connectivity index (χ4n) is 0.596. The topological polar surface area (TPSA) is 0 Å². The summed E-state index contributed by atoms with van der Waals surface area (Å²) in [5.41, 5.74) is 4.31. The van der Waals surface area contributed by atoms with Crippen molar-refractivity contribution in [3.63, 3.8) is 0 Å². The van der Waals surface area contributed by atoms with Crippen LogP contribution in [0, 0.1) is 0 Å². The fourth-order valence-corrected chi connectivity index (χ4v) is 1.27. The van der Waals surface area contributed by atoms with Gasteiger partial charge in [-0.3, -0.25) is 0 Å². The van der Waals surface area contributed by atoms with E-state index in [1.54, 1.807) is 11.8 Å². The molecule has 1 aliphatic rings. The van der Waals surface area contributed by atoms with Gasteiger partial charge < -0.3 is 0 Å². The zero-order valence-electron chi connectivity index (χ0n) is 5.06. The van der Waals surface area contributed by atoms with Gasteiger partial charge in [-0.05, 0) is 30.4 Å². The van der Waals surface area contributed by atoms with Gasteiger partial charge in [0.1, 0.15) is 0 Å². The van der Waals surface area contributed by atoms with Gasteiger partial charge in [0.25, 0.3) is 0 Å². The summed E-state index contributed by atoms with van der Waals surface area (Å²) in [4.78, 5) is 1.35. The maximum atomic E-state index is 3.09. The van der Waals surface area contributed by atoms with Crippen molar-refractivity contribution in [1.82, 2.24) is 0 Å². The minimum atomic E-state index is 1.22. The van der Waals surface area contributed by atoms with E-state index in [-0.39, 0.29) is 0 Å². The molecule has 1 heteroatoms. The molecule has 1 heterocycles. The Kier molecular flexibility index (Phi) is 1.62. The molecule has 0 saturated heterocycles. The van der Waals surface area contributed by atoms with Gasteiger partial charge in [-0.1, -0.05) is 11.8 Å². The second kappa shape index (κ2) is 2.25. The maximum Gasteiger partial charge on any atom is 0.0178 e. The standard InChI is InChI=1S/C7H8S/c1-6-3-4-8-7(2)5-6/h4-5H,1-2H3. The van der Waals surface area contributed by atoms with E-state index < -0.39 is 0 Å². The Labute approximate surface area is 54.0 Å². The Balaban J connectivity index is 2.90. The number of thioether (sulfide) groups is 1. The zero-order chi connectivity index (χ0) is 5.98. The Morgan fingerprint density at radius 3 is 2.62 bits per heavy atom. The number of allylic oxidation sites excluding steroid dienone is 3. The quantitative estimate of drug-likeness (QED) is 0.447. The van der Waals surface area contributed by atoms with Crippen LogP contribution in [0.25, 0.3) is 0 Å². The molecule has 0 radical (unpaired) electrons. The molecule has 0 aliphatic carbocycles. The van der Waals surface area contributed by atoms with E-state index in [4.69, 9.17) is 0 Å². The SMILES string of the molecule is CC1=C=CSC(C)=C1. The van der Waals surface area contributed by atoms with Gasteiger partial charge >= 0.3 is 0 Å². The molecule has 0 unspecified atom stereocenters. The highest BCUT2D eigenvalue weighted by Crippen LogP contribution is 2.20. The molecule has 0 bridgehead atoms. The first-order chi connectivity index (χ1) is 3.79. The molecular formula is C7H8S. The third-order valence-corrected chi connectivity index (χ3v) is 1.68. The molecule has 0 atom stereocenters. The van der Waals surface area contributed by atoms with Crippen molar-refractivity contribution in [1.29, 1.82) is 0 Å². The molecular weight excluding hydrogens is 116 g/mol. The third-order valence-electron chi connectivity index (χ3n) is 0.951. The lowest BCUT2D eigenvalue weighted by Gasteiger charge is -1.97. The summed E-state index contributed by atoms with van der Waals surface area (Å²) >= 11 is 1.73. The molecule has 0 aromatic heterocycles. The van der Waals surface area contributed by atoms with Gasteiger partial charge in [0, 0.05) is 5.41 Å². The lowest BCUT2D eigenvalue weighted by Crippen LogP contribution is -1.71. The summed E-state index contributed by atoms with van der Waals surface area (Å²) < 4.78 is 0. The Morgan fingerprint density at radius 2 is 2.25 bits per heavy atom. The normalized spacial score (nSPS) is 17.8. The first kappa shape index (κ1) is 5.74. The predicted octanol–water partition coefficient (Wildman–Crippen LogP) is 2.70. The first-order valence-corrected chi connectivity index (χ1v) is 3.44. The van der Waals surface area contributed by atoms with Gasteiger partial charge in [0.15, 0.2) is 0 Å². The molecule has 0 N–H and O–H groups in total. The Morgan fingerprint density at radius 1 is 1.50 bits per heavy atom. The van der Waals surface area contributed by atoms with E-state index in [2.05, 4.69) is 25.7 Å². The maximum absolute atomic E-state index is 3.09. The molecule has 0 aromatic carbocycles. The van der Waals surface area contributed by atoms with Gasteiger partial charge in [-0.15, -0.1) is 5.73 Å². The van der Waals surface area contributed by atoms with Crippen LogP contribution in [0.3, 0.4) is 0 Å². The molecule has 0 spiro atoms. The minimum Gasteiger partial charge on any atom is -0.110 e. The average Bonchev–Trinajstić information content (AvgIpc) is 1.64. The van der Waals surface area contributed by atoms with Crippen molar-refractivity contribution in [2.24, 2.45) is 0 Å². The van der Waals surface area contributed by atoms with Crippen LogP contribution in [0.2, 0.25) is 0 Å². The second-order valence-electron chi connectivity index (χ2n) is 1.82. The van der Waals surface area contributed by atoms with Crippen molar-refractivity contribution < 1.29 is 0 Å². The highest BCUT2D eigenvalue weighted by molar-refractivity contribution is 8.05. The lowest BCUT2D eigenvalue weighted by molar-refractivity contribution is 1.50. The van der Waals surface area contributed by atoms with Crippen LogP contribution in [0.5, 0.6) is 0 Å². The molecule has 1 rings (SSSR count). The average molecular weight is 124 g/mol. The van der Waals surface area contributed by atoms with Crippen LogP contribution in [-0.4, -0.2) is 0 Å². The zero-order valence-corrected chi connectivity index (χ0v) is 5.88. The van der Waals surface area contributed by atoms with E-state index in [0.29, 0.717) is 0 Å². The highest BCUT2D eigenvalue weighted by atomic mass is 32.2. The van der Waals surface area contributed by atoms with Crippen LogP contribution in [0.1, 0.15) is 13.8 Å². The van der Waals surface area contributed by atoms with E-state index in [1.807, 2.05) is 5.41 Å². The fraction of sp³-hybridized carbons (Fsp3) is 0.286. The van der Waals surface area contributed by atoms with E-state index in [0.717, 1.165) is 0 Å². The number of hydrogen-bond acceptors (Lipinski definition) is 1. The molecule has 1 aliphatic heterocycles. The Bertz CT molecular complexity index is 181. The third kappa shape index (κ3) is 1.29. The molecule has 0 nitrogen and oxygen atoms in total. The van der Waals surface area contributed by atoms with E-state index in [1.165, 1.54) is 10.5 Å². The van der Waals surface area contributed by atoms with E-state index in [9.17, 15) is 0 Å². The summed E-state index contributed by atoms with van der Waals surface area (Å²) in [6.07, 6.45) is 2.13.